The van der Waals surface area contributed by atoms with Crippen molar-refractivity contribution >= 4 is 23.5 Å². The Morgan fingerprint density at radius 1 is 0.632 bits per heavy atom. The van der Waals surface area contributed by atoms with Crippen molar-refractivity contribution in [2.75, 3.05) is 0 Å². The summed E-state index contributed by atoms with van der Waals surface area (Å²) in [5, 5.41) is 19.8. The molecular formula is C30H38O8. The van der Waals surface area contributed by atoms with E-state index in [1.54, 1.807) is 62.4 Å². The lowest BCUT2D eigenvalue weighted by Crippen LogP contribution is -2.32. The summed E-state index contributed by atoms with van der Waals surface area (Å²) in [5.41, 5.74) is -0.917. The Morgan fingerprint density at radius 2 is 0.921 bits per heavy atom. The number of benzene rings is 2. The number of hydrogen-bond donors (Lipinski definition) is 2. The van der Waals surface area contributed by atoms with Crippen LogP contribution in [0.15, 0.2) is 48.5 Å². The maximum Gasteiger partial charge on any atom is 0.310 e. The lowest BCUT2D eigenvalue weighted by atomic mass is 9.88. The summed E-state index contributed by atoms with van der Waals surface area (Å²) in [6, 6.07) is 12.9. The van der Waals surface area contributed by atoms with E-state index in [0.29, 0.717) is 35.1 Å². The molecule has 8 heteroatoms. The number of esters is 2. The second-order valence-electron chi connectivity index (χ2n) is 10.4. The van der Waals surface area contributed by atoms with Crippen LogP contribution in [-0.2, 0) is 32.3 Å². The molecule has 0 amide bonds. The van der Waals surface area contributed by atoms with E-state index < -0.39 is 46.5 Å². The Bertz CT molecular complexity index is 1030. The van der Waals surface area contributed by atoms with Crippen LogP contribution < -0.4 is 0 Å². The van der Waals surface area contributed by atoms with Crippen LogP contribution in [-0.4, -0.2) is 44.9 Å². The monoisotopic (exact) mass is 526 g/mol. The molecule has 0 aliphatic carbocycles. The van der Waals surface area contributed by atoms with Crippen molar-refractivity contribution in [1.82, 2.24) is 0 Å². The highest BCUT2D eigenvalue weighted by atomic mass is 16.5. The van der Waals surface area contributed by atoms with Crippen molar-refractivity contribution < 1.29 is 38.9 Å². The third-order valence-electron chi connectivity index (χ3n) is 6.28. The maximum atomic E-state index is 12.8. The fourth-order valence-electron chi connectivity index (χ4n) is 3.97. The smallest absolute Gasteiger partial charge is 0.310 e. The third-order valence-corrected chi connectivity index (χ3v) is 6.28. The standard InChI is InChI=1S/C30H38O8/c1-7-23(27(33)37-17-19-9-13-21(14-10-19)25(31)29(3,4)35)24(8-2)28(34)38-18-20-11-15-22(16-12-20)26(32)30(5,6)36/h9-16,23-24,35-36H,7-8,17-18H2,1-6H3. The van der Waals surface area contributed by atoms with Gasteiger partial charge >= 0.3 is 11.9 Å². The first-order chi connectivity index (χ1) is 17.7. The second kappa shape index (κ2) is 12.9. The highest BCUT2D eigenvalue weighted by Gasteiger charge is 2.34. The first-order valence-corrected chi connectivity index (χ1v) is 12.7. The van der Waals surface area contributed by atoms with Crippen LogP contribution in [0.25, 0.3) is 0 Å². The summed E-state index contributed by atoms with van der Waals surface area (Å²) in [6.45, 7) is 9.24. The molecule has 0 aromatic heterocycles. The number of Topliss-reactive ketones (excluding diaryl/α,β-unsaturated/α-hetero) is 2. The van der Waals surface area contributed by atoms with Crippen LogP contribution in [0, 0.1) is 11.8 Å². The topological polar surface area (TPSA) is 127 Å². The molecule has 8 nitrogen and oxygen atoms in total. The zero-order valence-electron chi connectivity index (χ0n) is 22.9. The minimum atomic E-state index is -1.48. The SMILES string of the molecule is CCC(C(=O)OCc1ccc(C(=O)C(C)(C)O)cc1)C(CC)C(=O)OCc1ccc(C(=O)C(C)(C)O)cc1. The predicted molar refractivity (Wildman–Crippen MR) is 141 cm³/mol. The zero-order valence-corrected chi connectivity index (χ0v) is 22.9. The van der Waals surface area contributed by atoms with Crippen molar-refractivity contribution in [2.45, 2.75) is 78.8 Å². The van der Waals surface area contributed by atoms with Gasteiger partial charge in [0, 0.05) is 11.1 Å². The molecule has 2 N–H and O–H groups in total. The van der Waals surface area contributed by atoms with Crippen LogP contribution in [0.1, 0.15) is 86.2 Å². The molecule has 206 valence electrons. The van der Waals surface area contributed by atoms with E-state index in [1.807, 2.05) is 0 Å². The fourth-order valence-corrected chi connectivity index (χ4v) is 3.97. The zero-order chi connectivity index (χ0) is 28.7. The van der Waals surface area contributed by atoms with Gasteiger partial charge in [0.15, 0.2) is 11.6 Å². The Hall–Kier alpha value is -3.36. The lowest BCUT2D eigenvalue weighted by Gasteiger charge is -2.22. The Morgan fingerprint density at radius 3 is 1.16 bits per heavy atom. The number of carbonyl (C=O) groups is 4. The van der Waals surface area contributed by atoms with Crippen LogP contribution in [0.4, 0.5) is 0 Å². The van der Waals surface area contributed by atoms with E-state index in [0.717, 1.165) is 0 Å². The molecule has 2 rings (SSSR count). The van der Waals surface area contributed by atoms with Crippen molar-refractivity contribution in [3.05, 3.63) is 70.8 Å². The van der Waals surface area contributed by atoms with Crippen LogP contribution in [0.5, 0.6) is 0 Å². The van der Waals surface area contributed by atoms with Gasteiger partial charge in [0.2, 0.25) is 0 Å². The predicted octanol–water partition coefficient (Wildman–Crippen LogP) is 4.43. The average Bonchev–Trinajstić information content (AvgIpc) is 2.87. The number of rotatable bonds is 13. The first kappa shape index (κ1) is 30.9. The van der Waals surface area contributed by atoms with Crippen LogP contribution in [0.2, 0.25) is 0 Å². The van der Waals surface area contributed by atoms with E-state index in [1.165, 1.54) is 27.7 Å². The summed E-state index contributed by atoms with van der Waals surface area (Å²) in [7, 11) is 0. The largest absolute Gasteiger partial charge is 0.461 e. The summed E-state index contributed by atoms with van der Waals surface area (Å²) in [5.74, 6) is -3.21. The Labute approximate surface area is 224 Å². The molecule has 38 heavy (non-hydrogen) atoms. The first-order valence-electron chi connectivity index (χ1n) is 12.7. The average molecular weight is 527 g/mol. The minimum Gasteiger partial charge on any atom is -0.461 e. The molecular weight excluding hydrogens is 488 g/mol. The van der Waals surface area contributed by atoms with Gasteiger partial charge in [-0.15, -0.1) is 0 Å². The van der Waals surface area contributed by atoms with E-state index in [2.05, 4.69) is 0 Å². The van der Waals surface area contributed by atoms with Gasteiger partial charge in [-0.05, 0) is 51.7 Å². The quantitative estimate of drug-likeness (QED) is 0.290. The lowest BCUT2D eigenvalue weighted by molar-refractivity contribution is -0.162. The van der Waals surface area contributed by atoms with E-state index in [4.69, 9.17) is 9.47 Å². The highest BCUT2D eigenvalue weighted by molar-refractivity contribution is 6.02. The third kappa shape index (κ3) is 8.33. The summed E-state index contributed by atoms with van der Waals surface area (Å²) < 4.78 is 10.9. The number of ketones is 2. The van der Waals surface area contributed by atoms with E-state index in [9.17, 15) is 29.4 Å². The van der Waals surface area contributed by atoms with Crippen LogP contribution in [0.3, 0.4) is 0 Å². The van der Waals surface area contributed by atoms with Crippen molar-refractivity contribution in [3.8, 4) is 0 Å². The van der Waals surface area contributed by atoms with E-state index >= 15 is 0 Å². The van der Waals surface area contributed by atoms with Gasteiger partial charge in [-0.2, -0.15) is 0 Å². The van der Waals surface area contributed by atoms with Gasteiger partial charge in [0.05, 0.1) is 11.8 Å². The molecule has 0 spiro atoms. The van der Waals surface area contributed by atoms with Gasteiger partial charge in [-0.3, -0.25) is 19.2 Å². The van der Waals surface area contributed by atoms with Gasteiger partial charge in [-0.25, -0.2) is 0 Å². The Balaban J connectivity index is 1.96. The second-order valence-corrected chi connectivity index (χ2v) is 10.4. The summed E-state index contributed by atoms with van der Waals surface area (Å²) >= 11 is 0. The molecule has 2 aromatic carbocycles. The number of hydrogen-bond acceptors (Lipinski definition) is 8. The molecule has 0 saturated heterocycles. The normalized spacial score (nSPS) is 13.4. The molecule has 0 fully saturated rings. The minimum absolute atomic E-state index is 0.0203. The summed E-state index contributed by atoms with van der Waals surface area (Å²) in [4.78, 5) is 50.0. The van der Waals surface area contributed by atoms with Crippen LogP contribution >= 0.6 is 0 Å². The van der Waals surface area contributed by atoms with Gasteiger partial charge < -0.3 is 19.7 Å². The highest BCUT2D eigenvalue weighted by Crippen LogP contribution is 2.24. The van der Waals surface area contributed by atoms with E-state index in [-0.39, 0.29) is 13.2 Å². The number of ether oxygens (including phenoxy) is 2. The van der Waals surface area contributed by atoms with Crippen molar-refractivity contribution in [3.63, 3.8) is 0 Å². The number of carbonyl (C=O) groups excluding carboxylic acids is 4. The van der Waals surface area contributed by atoms with Gasteiger partial charge in [-0.1, -0.05) is 62.4 Å². The molecule has 2 aromatic rings. The summed E-state index contributed by atoms with van der Waals surface area (Å²) in [6.07, 6.45) is 0.776. The molecule has 0 saturated carbocycles. The molecule has 0 radical (unpaired) electrons. The molecule has 0 heterocycles. The molecule has 0 bridgehead atoms. The Kier molecular flexibility index (Phi) is 10.5. The molecule has 0 aliphatic rings. The van der Waals surface area contributed by atoms with Gasteiger partial charge in [0.1, 0.15) is 24.4 Å². The van der Waals surface area contributed by atoms with Crippen molar-refractivity contribution in [2.24, 2.45) is 11.8 Å². The maximum absolute atomic E-state index is 12.8. The fraction of sp³-hybridized carbons (Fsp3) is 0.467. The molecule has 2 unspecified atom stereocenters. The van der Waals surface area contributed by atoms with Crippen molar-refractivity contribution in [1.29, 1.82) is 0 Å². The van der Waals surface area contributed by atoms with Gasteiger partial charge in [0.25, 0.3) is 0 Å². The number of aliphatic hydroxyl groups is 2. The molecule has 0 aliphatic heterocycles. The molecule has 2 atom stereocenters.